The molecule has 1 unspecified atom stereocenters. The Hall–Kier alpha value is -1.71. The third kappa shape index (κ3) is 3.44. The van der Waals surface area contributed by atoms with Crippen LogP contribution in [0.1, 0.15) is 18.4 Å². The molecule has 0 amide bonds. The van der Waals surface area contributed by atoms with Crippen molar-refractivity contribution >= 4 is 40.5 Å². The lowest BCUT2D eigenvalue weighted by molar-refractivity contribution is -0.138. The summed E-state index contributed by atoms with van der Waals surface area (Å²) in [6, 6.07) is 12.4. The minimum Gasteiger partial charge on any atom is -0.481 e. The van der Waals surface area contributed by atoms with E-state index < -0.39 is 11.9 Å². The molecule has 3 nitrogen and oxygen atoms in total. The minimum absolute atomic E-state index is 0.525. The van der Waals surface area contributed by atoms with Crippen LogP contribution in [-0.2, 0) is 4.79 Å². The Morgan fingerprint density at radius 1 is 1.15 bits per heavy atom. The van der Waals surface area contributed by atoms with Gasteiger partial charge in [0.25, 0.3) is 0 Å². The van der Waals surface area contributed by atoms with E-state index in [-0.39, 0.29) is 0 Å². The summed E-state index contributed by atoms with van der Waals surface area (Å²) in [6.45, 7) is 1.65. The molecule has 0 bridgehead atoms. The van der Waals surface area contributed by atoms with E-state index in [9.17, 15) is 4.79 Å². The van der Waals surface area contributed by atoms with Gasteiger partial charge in [-0.2, -0.15) is 0 Å². The maximum Gasteiger partial charge on any atom is 0.310 e. The van der Waals surface area contributed by atoms with Gasteiger partial charge in [-0.1, -0.05) is 35.3 Å². The van der Waals surface area contributed by atoms with Crippen LogP contribution in [0.15, 0.2) is 42.5 Å². The maximum absolute atomic E-state index is 10.9. The normalized spacial score (nSPS) is 11.9. The summed E-state index contributed by atoms with van der Waals surface area (Å²) in [4.78, 5) is 10.9. The Kier molecular flexibility index (Phi) is 4.53. The zero-order valence-electron chi connectivity index (χ0n) is 10.7. The molecule has 0 aliphatic heterocycles. The quantitative estimate of drug-likeness (QED) is 0.842. The van der Waals surface area contributed by atoms with Crippen LogP contribution < -0.4 is 5.32 Å². The highest BCUT2D eigenvalue weighted by Gasteiger charge is 2.13. The molecule has 2 rings (SSSR count). The molecule has 0 spiro atoms. The molecular formula is C15H13Cl2NO2. The van der Waals surface area contributed by atoms with Crippen molar-refractivity contribution < 1.29 is 9.90 Å². The Balaban J connectivity index is 2.16. The molecule has 0 radical (unpaired) electrons. The van der Waals surface area contributed by atoms with Crippen molar-refractivity contribution in [1.29, 1.82) is 0 Å². The SMILES string of the molecule is CC(C(=O)O)c1ccc(Nc2ccc(Cl)cc2Cl)cc1. The average molecular weight is 310 g/mol. The number of benzene rings is 2. The van der Waals surface area contributed by atoms with Gasteiger partial charge in [-0.25, -0.2) is 0 Å². The van der Waals surface area contributed by atoms with Crippen LogP contribution in [0, 0.1) is 0 Å². The van der Waals surface area contributed by atoms with Crippen molar-refractivity contribution in [2.75, 3.05) is 5.32 Å². The van der Waals surface area contributed by atoms with Gasteiger partial charge in [-0.05, 0) is 42.8 Å². The fraction of sp³-hybridized carbons (Fsp3) is 0.133. The molecule has 2 aromatic rings. The summed E-state index contributed by atoms with van der Waals surface area (Å²) < 4.78 is 0. The highest BCUT2D eigenvalue weighted by Crippen LogP contribution is 2.28. The van der Waals surface area contributed by atoms with E-state index in [1.54, 1.807) is 37.3 Å². The second kappa shape index (κ2) is 6.16. The monoisotopic (exact) mass is 309 g/mol. The molecule has 2 N–H and O–H groups in total. The molecule has 0 heterocycles. The number of carbonyl (C=O) groups is 1. The van der Waals surface area contributed by atoms with Gasteiger partial charge in [-0.15, -0.1) is 0 Å². The molecule has 5 heteroatoms. The summed E-state index contributed by atoms with van der Waals surface area (Å²) in [5.41, 5.74) is 2.33. The zero-order valence-corrected chi connectivity index (χ0v) is 12.2. The highest BCUT2D eigenvalue weighted by molar-refractivity contribution is 6.36. The van der Waals surface area contributed by atoms with E-state index in [0.717, 1.165) is 16.9 Å². The number of carboxylic acids is 1. The summed E-state index contributed by atoms with van der Waals surface area (Å²) >= 11 is 11.9. The number of carboxylic acid groups (broad SMARTS) is 1. The number of halogens is 2. The van der Waals surface area contributed by atoms with Crippen LogP contribution in [0.3, 0.4) is 0 Å². The second-order valence-corrected chi connectivity index (χ2v) is 5.27. The Labute approximate surface area is 127 Å². The predicted molar refractivity (Wildman–Crippen MR) is 82.2 cm³/mol. The molecule has 1 atom stereocenters. The Morgan fingerprint density at radius 3 is 2.35 bits per heavy atom. The first-order valence-corrected chi connectivity index (χ1v) is 6.78. The van der Waals surface area contributed by atoms with Crippen molar-refractivity contribution in [2.45, 2.75) is 12.8 Å². The van der Waals surface area contributed by atoms with E-state index in [4.69, 9.17) is 28.3 Å². The number of aliphatic carboxylic acids is 1. The number of nitrogens with one attached hydrogen (secondary N) is 1. The van der Waals surface area contributed by atoms with Crippen LogP contribution in [0.4, 0.5) is 11.4 Å². The lowest BCUT2D eigenvalue weighted by atomic mass is 10.0. The molecule has 2 aromatic carbocycles. The molecule has 20 heavy (non-hydrogen) atoms. The van der Waals surface area contributed by atoms with Crippen LogP contribution in [0.5, 0.6) is 0 Å². The molecule has 0 aliphatic carbocycles. The number of hydrogen-bond donors (Lipinski definition) is 2. The van der Waals surface area contributed by atoms with Gasteiger partial charge in [0.2, 0.25) is 0 Å². The fourth-order valence-corrected chi connectivity index (χ4v) is 2.20. The van der Waals surface area contributed by atoms with Gasteiger partial charge < -0.3 is 10.4 Å². The summed E-state index contributed by atoms with van der Waals surface area (Å²) in [6.07, 6.45) is 0. The molecule has 0 aromatic heterocycles. The molecule has 0 fully saturated rings. The minimum atomic E-state index is -0.841. The van der Waals surface area contributed by atoms with Crippen LogP contribution in [0.25, 0.3) is 0 Å². The third-order valence-electron chi connectivity index (χ3n) is 2.99. The third-order valence-corrected chi connectivity index (χ3v) is 3.54. The number of anilines is 2. The van der Waals surface area contributed by atoms with E-state index >= 15 is 0 Å². The smallest absolute Gasteiger partial charge is 0.310 e. The number of hydrogen-bond acceptors (Lipinski definition) is 2. The first kappa shape index (κ1) is 14.7. The summed E-state index contributed by atoms with van der Waals surface area (Å²) in [5, 5.41) is 13.2. The molecule has 0 saturated heterocycles. The largest absolute Gasteiger partial charge is 0.481 e. The van der Waals surface area contributed by atoms with Gasteiger partial charge in [0, 0.05) is 10.7 Å². The van der Waals surface area contributed by atoms with Gasteiger partial charge in [-0.3, -0.25) is 4.79 Å². The van der Waals surface area contributed by atoms with Gasteiger partial charge >= 0.3 is 5.97 Å². The number of rotatable bonds is 4. The van der Waals surface area contributed by atoms with Crippen LogP contribution in [-0.4, -0.2) is 11.1 Å². The standard InChI is InChI=1S/C15H13Cl2NO2/c1-9(15(19)20)10-2-5-12(6-3-10)18-14-7-4-11(16)8-13(14)17/h2-9,18H,1H3,(H,19,20). The van der Waals surface area contributed by atoms with Gasteiger partial charge in [0.1, 0.15) is 0 Å². The zero-order chi connectivity index (χ0) is 14.7. The van der Waals surface area contributed by atoms with E-state index in [1.807, 2.05) is 12.1 Å². The lowest BCUT2D eigenvalue weighted by Gasteiger charge is -2.11. The summed E-state index contributed by atoms with van der Waals surface area (Å²) in [7, 11) is 0. The van der Waals surface area contributed by atoms with Crippen LogP contribution >= 0.6 is 23.2 Å². The van der Waals surface area contributed by atoms with E-state index in [0.29, 0.717) is 10.0 Å². The fourth-order valence-electron chi connectivity index (χ4n) is 1.74. The van der Waals surface area contributed by atoms with Crippen molar-refractivity contribution in [3.05, 3.63) is 58.1 Å². The van der Waals surface area contributed by atoms with Crippen molar-refractivity contribution in [2.24, 2.45) is 0 Å². The predicted octanol–water partition coefficient (Wildman–Crippen LogP) is 4.93. The van der Waals surface area contributed by atoms with Crippen LogP contribution in [0.2, 0.25) is 10.0 Å². The Morgan fingerprint density at radius 2 is 1.80 bits per heavy atom. The lowest BCUT2D eigenvalue weighted by Crippen LogP contribution is -2.07. The maximum atomic E-state index is 10.9. The van der Waals surface area contributed by atoms with Crippen molar-refractivity contribution in [3.8, 4) is 0 Å². The topological polar surface area (TPSA) is 49.3 Å². The Bertz CT molecular complexity index is 626. The van der Waals surface area contributed by atoms with Crippen molar-refractivity contribution in [1.82, 2.24) is 0 Å². The van der Waals surface area contributed by atoms with E-state index in [2.05, 4.69) is 5.32 Å². The summed E-state index contributed by atoms with van der Waals surface area (Å²) in [5.74, 6) is -1.37. The highest BCUT2D eigenvalue weighted by atomic mass is 35.5. The van der Waals surface area contributed by atoms with Crippen molar-refractivity contribution in [3.63, 3.8) is 0 Å². The molecular weight excluding hydrogens is 297 g/mol. The molecule has 0 aliphatic rings. The molecule has 104 valence electrons. The molecule has 0 saturated carbocycles. The van der Waals surface area contributed by atoms with Gasteiger partial charge in [0.15, 0.2) is 0 Å². The average Bonchev–Trinajstić information content (AvgIpc) is 2.42. The first-order valence-electron chi connectivity index (χ1n) is 6.02. The van der Waals surface area contributed by atoms with E-state index in [1.165, 1.54) is 0 Å². The van der Waals surface area contributed by atoms with Gasteiger partial charge in [0.05, 0.1) is 16.6 Å². The second-order valence-electron chi connectivity index (χ2n) is 4.43. The first-order chi connectivity index (χ1) is 9.47.